The van der Waals surface area contributed by atoms with Crippen molar-refractivity contribution >= 4 is 40.7 Å². The molecule has 1 spiro atoms. The highest BCUT2D eigenvalue weighted by Gasteiger charge is 2.74. The molecule has 0 saturated carbocycles. The summed E-state index contributed by atoms with van der Waals surface area (Å²) in [5, 5.41) is 16.0. The van der Waals surface area contributed by atoms with E-state index in [4.69, 9.17) is 21.1 Å². The fraction of sp³-hybridized carbons (Fsp3) is 0.444. The van der Waals surface area contributed by atoms with Gasteiger partial charge in [-0.05, 0) is 63.1 Å². The number of carbonyl (C=O) groups excluding carboxylic acids is 3. The maximum absolute atomic E-state index is 13.8. The quantitative estimate of drug-likeness (QED) is 0.486. The molecule has 9 nitrogen and oxygen atoms in total. The van der Waals surface area contributed by atoms with Crippen molar-refractivity contribution < 1.29 is 29.0 Å². The van der Waals surface area contributed by atoms with E-state index in [2.05, 4.69) is 10.6 Å². The number of para-hydroxylation sites is 1. The summed E-state index contributed by atoms with van der Waals surface area (Å²) in [5.41, 5.74) is -0.183. The summed E-state index contributed by atoms with van der Waals surface area (Å²) in [5.74, 6) is -2.08. The molecule has 3 N–H and O–H groups in total. The monoisotopic (exact) mass is 527 g/mol. The Kier molecular flexibility index (Phi) is 6.87. The third-order valence-electron chi connectivity index (χ3n) is 7.59. The van der Waals surface area contributed by atoms with Crippen molar-refractivity contribution in [1.29, 1.82) is 0 Å². The van der Waals surface area contributed by atoms with Crippen molar-refractivity contribution in [3.8, 4) is 5.75 Å². The van der Waals surface area contributed by atoms with Crippen LogP contribution in [0.5, 0.6) is 5.75 Å². The van der Waals surface area contributed by atoms with Crippen molar-refractivity contribution in [2.75, 3.05) is 23.8 Å². The van der Waals surface area contributed by atoms with E-state index < -0.39 is 41.5 Å². The maximum atomic E-state index is 13.8. The molecular formula is C27H30ClN3O6. The van der Waals surface area contributed by atoms with Crippen LogP contribution in [0.25, 0.3) is 0 Å². The summed E-state index contributed by atoms with van der Waals surface area (Å²) in [6, 6.07) is 12.2. The number of aliphatic hydroxyl groups is 1. The Labute approximate surface area is 220 Å². The van der Waals surface area contributed by atoms with Crippen LogP contribution in [0.3, 0.4) is 0 Å². The van der Waals surface area contributed by atoms with Crippen LogP contribution >= 0.6 is 11.6 Å². The van der Waals surface area contributed by atoms with E-state index in [1.165, 1.54) is 4.90 Å². The Morgan fingerprint density at radius 2 is 1.92 bits per heavy atom. The number of hydrogen-bond acceptors (Lipinski definition) is 6. The van der Waals surface area contributed by atoms with Gasteiger partial charge in [0.1, 0.15) is 17.4 Å². The van der Waals surface area contributed by atoms with Gasteiger partial charge < -0.3 is 30.1 Å². The fourth-order valence-electron chi connectivity index (χ4n) is 6.04. The highest BCUT2D eigenvalue weighted by molar-refractivity contribution is 6.33. The van der Waals surface area contributed by atoms with Crippen molar-refractivity contribution in [3.63, 3.8) is 0 Å². The number of aliphatic hydroxyl groups excluding tert-OH is 1. The average Bonchev–Trinajstić information content (AvgIpc) is 3.53. The fourth-order valence-corrected chi connectivity index (χ4v) is 6.23. The molecule has 0 aliphatic carbocycles. The summed E-state index contributed by atoms with van der Waals surface area (Å²) >= 11 is 6.26. The van der Waals surface area contributed by atoms with Crippen molar-refractivity contribution in [3.05, 3.63) is 53.6 Å². The van der Waals surface area contributed by atoms with E-state index in [9.17, 15) is 19.5 Å². The van der Waals surface area contributed by atoms with Gasteiger partial charge in [0.25, 0.3) is 0 Å². The first-order chi connectivity index (χ1) is 17.8. The predicted octanol–water partition coefficient (Wildman–Crippen LogP) is 3.07. The number of nitrogens with zero attached hydrogens (tertiary/aromatic N) is 1. The molecule has 5 rings (SSSR count). The minimum Gasteiger partial charge on any atom is -0.494 e. The summed E-state index contributed by atoms with van der Waals surface area (Å²) < 4.78 is 11.8. The molecule has 3 saturated heterocycles. The van der Waals surface area contributed by atoms with Gasteiger partial charge in [-0.25, -0.2) is 0 Å². The van der Waals surface area contributed by atoms with Gasteiger partial charge in [-0.3, -0.25) is 14.4 Å². The van der Waals surface area contributed by atoms with E-state index in [1.807, 2.05) is 6.92 Å². The van der Waals surface area contributed by atoms with E-state index in [0.29, 0.717) is 41.6 Å². The van der Waals surface area contributed by atoms with Gasteiger partial charge in [-0.15, -0.1) is 0 Å². The van der Waals surface area contributed by atoms with Gasteiger partial charge in [-0.2, -0.15) is 0 Å². The van der Waals surface area contributed by atoms with E-state index in [0.717, 1.165) is 0 Å². The SMILES string of the molecule is CCOc1ccc(NC(=O)[C@@H]2[C@@H]3CCC4(O3)C(C(=O)Nc3ccccc3Cl)N([C@H](C)CO)C(=O)[C@H]24)cc1. The Balaban J connectivity index is 1.44. The molecule has 3 aliphatic heterocycles. The van der Waals surface area contributed by atoms with Crippen molar-refractivity contribution in [2.24, 2.45) is 11.8 Å². The predicted molar refractivity (Wildman–Crippen MR) is 137 cm³/mol. The zero-order chi connectivity index (χ0) is 26.3. The van der Waals surface area contributed by atoms with Crippen molar-refractivity contribution in [2.45, 2.75) is 50.5 Å². The summed E-state index contributed by atoms with van der Waals surface area (Å²) in [6.45, 7) is 3.76. The first-order valence-corrected chi connectivity index (χ1v) is 12.9. The van der Waals surface area contributed by atoms with Crippen LogP contribution in [0, 0.1) is 11.8 Å². The van der Waals surface area contributed by atoms with Gasteiger partial charge in [-0.1, -0.05) is 23.7 Å². The molecule has 2 unspecified atom stereocenters. The van der Waals surface area contributed by atoms with Crippen LogP contribution < -0.4 is 15.4 Å². The normalized spacial score (nSPS) is 28.6. The van der Waals surface area contributed by atoms with Crippen LogP contribution in [-0.2, 0) is 19.1 Å². The number of nitrogens with one attached hydrogen (secondary N) is 2. The molecule has 3 amide bonds. The number of hydrogen-bond donors (Lipinski definition) is 3. The Bertz CT molecular complexity index is 1210. The standard InChI is InChI=1S/C27H30ClN3O6/c1-3-36-17-10-8-16(9-11-17)29-24(33)21-20-12-13-27(37-20)22(21)26(35)31(15(2)14-32)23(27)25(34)30-19-7-5-4-6-18(19)28/h4-11,15,20-23,32H,3,12-14H2,1-2H3,(H,29,33)(H,30,34)/t15-,20+,21-,22+,23?,27?/m1/s1. The van der Waals surface area contributed by atoms with Crippen LogP contribution in [0.15, 0.2) is 48.5 Å². The molecule has 3 aliphatic rings. The number of rotatable bonds is 8. The van der Waals surface area contributed by atoms with Crippen LogP contribution in [0.1, 0.15) is 26.7 Å². The molecule has 196 valence electrons. The van der Waals surface area contributed by atoms with E-state index >= 15 is 0 Å². The molecule has 37 heavy (non-hydrogen) atoms. The van der Waals surface area contributed by atoms with Gasteiger partial charge in [0, 0.05) is 5.69 Å². The molecule has 10 heteroatoms. The second kappa shape index (κ2) is 9.96. The molecule has 2 aromatic carbocycles. The number of ether oxygens (including phenoxy) is 2. The highest BCUT2D eigenvalue weighted by Crippen LogP contribution is 2.59. The first kappa shape index (κ1) is 25.5. The number of benzene rings is 2. The van der Waals surface area contributed by atoms with Gasteiger partial charge >= 0.3 is 0 Å². The molecule has 6 atom stereocenters. The number of fused-ring (bicyclic) bond motifs is 1. The van der Waals surface area contributed by atoms with Crippen LogP contribution in [0.4, 0.5) is 11.4 Å². The topological polar surface area (TPSA) is 117 Å². The summed E-state index contributed by atoms with van der Waals surface area (Å²) in [7, 11) is 0. The average molecular weight is 528 g/mol. The van der Waals surface area contributed by atoms with E-state index in [-0.39, 0.29) is 18.4 Å². The highest BCUT2D eigenvalue weighted by atomic mass is 35.5. The Hall–Kier alpha value is -3.14. The smallest absolute Gasteiger partial charge is 0.250 e. The second-order valence-electron chi connectivity index (χ2n) is 9.75. The molecular weight excluding hydrogens is 498 g/mol. The van der Waals surface area contributed by atoms with Gasteiger partial charge in [0.15, 0.2) is 0 Å². The Morgan fingerprint density at radius 3 is 2.59 bits per heavy atom. The second-order valence-corrected chi connectivity index (χ2v) is 10.2. The third-order valence-corrected chi connectivity index (χ3v) is 7.92. The summed E-state index contributed by atoms with van der Waals surface area (Å²) in [6.07, 6.45) is 0.511. The van der Waals surface area contributed by atoms with Gasteiger partial charge in [0.05, 0.1) is 47.9 Å². The van der Waals surface area contributed by atoms with Gasteiger partial charge in [0.2, 0.25) is 17.7 Å². The number of likely N-dealkylation sites (tertiary alicyclic amines) is 1. The lowest BCUT2D eigenvalue weighted by Gasteiger charge is -2.35. The summed E-state index contributed by atoms with van der Waals surface area (Å²) in [4.78, 5) is 42.4. The minimum absolute atomic E-state index is 0.335. The molecule has 2 bridgehead atoms. The number of halogens is 1. The molecule has 0 radical (unpaired) electrons. The zero-order valence-electron chi connectivity index (χ0n) is 20.6. The van der Waals surface area contributed by atoms with Crippen LogP contribution in [-0.4, -0.2) is 64.7 Å². The van der Waals surface area contributed by atoms with Crippen LogP contribution in [0.2, 0.25) is 5.02 Å². The largest absolute Gasteiger partial charge is 0.494 e. The minimum atomic E-state index is -1.17. The Morgan fingerprint density at radius 1 is 1.19 bits per heavy atom. The molecule has 2 aromatic rings. The number of anilines is 2. The lowest BCUT2D eigenvalue weighted by Crippen LogP contribution is -2.55. The zero-order valence-corrected chi connectivity index (χ0v) is 21.4. The third kappa shape index (κ3) is 4.24. The lowest BCUT2D eigenvalue weighted by atomic mass is 9.70. The maximum Gasteiger partial charge on any atom is 0.250 e. The molecule has 3 fully saturated rings. The number of carbonyl (C=O) groups is 3. The number of amides is 3. The first-order valence-electron chi connectivity index (χ1n) is 12.5. The lowest BCUT2D eigenvalue weighted by molar-refractivity contribution is -0.142. The van der Waals surface area contributed by atoms with Crippen molar-refractivity contribution in [1.82, 2.24) is 4.90 Å². The van der Waals surface area contributed by atoms with E-state index in [1.54, 1.807) is 55.5 Å². The molecule has 0 aromatic heterocycles. The molecule has 3 heterocycles.